The van der Waals surface area contributed by atoms with Crippen molar-refractivity contribution in [3.05, 3.63) is 66.2 Å². The minimum Gasteiger partial charge on any atom is -0.493 e. The first kappa shape index (κ1) is 16.5. The number of hydrazone groups is 1. The third-order valence-corrected chi connectivity index (χ3v) is 4.98. The number of nitrogens with one attached hydrogen (secondary N) is 1. The van der Waals surface area contributed by atoms with Crippen LogP contribution in [0.25, 0.3) is 21.0 Å². The summed E-state index contributed by atoms with van der Waals surface area (Å²) in [7, 11) is 0. The summed E-state index contributed by atoms with van der Waals surface area (Å²) in [6, 6.07) is 20.4. The van der Waals surface area contributed by atoms with Gasteiger partial charge in [-0.15, -0.1) is 0 Å². The van der Waals surface area contributed by atoms with Crippen molar-refractivity contribution in [1.29, 1.82) is 0 Å². The molecular formula is C21H19N3OS. The number of anilines is 1. The van der Waals surface area contributed by atoms with Crippen molar-refractivity contribution >= 4 is 43.7 Å². The van der Waals surface area contributed by atoms with Crippen molar-refractivity contribution in [3.63, 3.8) is 0 Å². The largest absolute Gasteiger partial charge is 0.493 e. The van der Waals surface area contributed by atoms with Crippen LogP contribution in [0.2, 0.25) is 0 Å². The third kappa shape index (κ3) is 3.39. The van der Waals surface area contributed by atoms with Crippen LogP contribution < -0.4 is 10.2 Å². The third-order valence-electron chi connectivity index (χ3n) is 4.04. The second-order valence-electron chi connectivity index (χ2n) is 5.90. The number of aromatic nitrogens is 1. The van der Waals surface area contributed by atoms with E-state index in [2.05, 4.69) is 46.7 Å². The first-order valence-corrected chi connectivity index (χ1v) is 9.46. The highest BCUT2D eigenvalue weighted by atomic mass is 32.1. The number of para-hydroxylation sites is 1. The number of hydrogen-bond acceptors (Lipinski definition) is 5. The first-order chi connectivity index (χ1) is 12.8. The van der Waals surface area contributed by atoms with Crippen LogP contribution >= 0.6 is 11.3 Å². The Balaban J connectivity index is 1.64. The Labute approximate surface area is 156 Å². The molecule has 26 heavy (non-hydrogen) atoms. The maximum absolute atomic E-state index is 5.91. The lowest BCUT2D eigenvalue weighted by Gasteiger charge is -2.10. The molecule has 0 saturated carbocycles. The van der Waals surface area contributed by atoms with Crippen molar-refractivity contribution in [2.24, 2.45) is 5.10 Å². The monoisotopic (exact) mass is 361 g/mol. The number of rotatable bonds is 6. The molecule has 0 fully saturated rings. The van der Waals surface area contributed by atoms with E-state index in [0.29, 0.717) is 6.61 Å². The van der Waals surface area contributed by atoms with Crippen LogP contribution in [0.1, 0.15) is 18.9 Å². The Bertz CT molecular complexity index is 1040. The Kier molecular flexibility index (Phi) is 4.80. The van der Waals surface area contributed by atoms with Gasteiger partial charge in [0.05, 0.1) is 23.0 Å². The molecule has 1 aromatic heterocycles. The van der Waals surface area contributed by atoms with Crippen LogP contribution in [0.5, 0.6) is 5.75 Å². The number of fused-ring (bicyclic) bond motifs is 2. The van der Waals surface area contributed by atoms with E-state index in [1.54, 1.807) is 11.3 Å². The van der Waals surface area contributed by atoms with E-state index in [1.807, 2.05) is 42.6 Å². The highest BCUT2D eigenvalue weighted by Crippen LogP contribution is 2.28. The fourth-order valence-corrected chi connectivity index (χ4v) is 3.63. The number of hydrogen-bond donors (Lipinski definition) is 1. The quantitative estimate of drug-likeness (QED) is 0.355. The molecule has 4 nitrogen and oxygen atoms in total. The van der Waals surface area contributed by atoms with E-state index < -0.39 is 0 Å². The highest BCUT2D eigenvalue weighted by molar-refractivity contribution is 7.22. The summed E-state index contributed by atoms with van der Waals surface area (Å²) in [5, 5.41) is 7.48. The van der Waals surface area contributed by atoms with Crippen LogP contribution in [-0.4, -0.2) is 17.8 Å². The summed E-state index contributed by atoms with van der Waals surface area (Å²) in [4.78, 5) is 4.54. The minimum atomic E-state index is 0.685. The van der Waals surface area contributed by atoms with Gasteiger partial charge < -0.3 is 4.74 Å². The molecule has 4 aromatic rings. The molecule has 4 rings (SSSR count). The molecule has 3 aromatic carbocycles. The van der Waals surface area contributed by atoms with Gasteiger partial charge in [-0.3, -0.25) is 5.43 Å². The molecule has 0 bridgehead atoms. The zero-order valence-electron chi connectivity index (χ0n) is 14.5. The Morgan fingerprint density at radius 1 is 1.08 bits per heavy atom. The Morgan fingerprint density at radius 3 is 2.81 bits per heavy atom. The van der Waals surface area contributed by atoms with Crippen molar-refractivity contribution in [1.82, 2.24) is 4.98 Å². The molecule has 0 atom stereocenters. The van der Waals surface area contributed by atoms with Gasteiger partial charge in [-0.05, 0) is 35.4 Å². The van der Waals surface area contributed by atoms with Crippen LogP contribution in [0.4, 0.5) is 5.13 Å². The normalized spacial score (nSPS) is 11.4. The average Bonchev–Trinajstić information content (AvgIpc) is 3.10. The fourth-order valence-electron chi connectivity index (χ4n) is 2.82. The molecule has 1 N–H and O–H groups in total. The topological polar surface area (TPSA) is 46.5 Å². The van der Waals surface area contributed by atoms with Crippen molar-refractivity contribution < 1.29 is 4.74 Å². The van der Waals surface area contributed by atoms with E-state index in [1.165, 1.54) is 0 Å². The van der Waals surface area contributed by atoms with Crippen molar-refractivity contribution in [2.45, 2.75) is 13.3 Å². The molecule has 0 spiro atoms. The van der Waals surface area contributed by atoms with E-state index in [-0.39, 0.29) is 0 Å². The predicted octanol–water partition coefficient (Wildman–Crippen LogP) is 5.68. The summed E-state index contributed by atoms with van der Waals surface area (Å²) in [5.41, 5.74) is 5.01. The predicted molar refractivity (Wildman–Crippen MR) is 111 cm³/mol. The standard InChI is InChI=1S/C21H19N3OS/c1-2-13-25-19-12-11-15-7-3-4-8-16(15)17(19)14-22-24-21-23-18-9-5-6-10-20(18)26-21/h3-12,14H,2,13H2,1H3,(H,23,24)/b22-14-. The highest BCUT2D eigenvalue weighted by Gasteiger charge is 2.07. The van der Waals surface area contributed by atoms with Gasteiger partial charge >= 0.3 is 0 Å². The van der Waals surface area contributed by atoms with Gasteiger partial charge in [-0.1, -0.05) is 60.7 Å². The van der Waals surface area contributed by atoms with E-state index in [9.17, 15) is 0 Å². The second-order valence-corrected chi connectivity index (χ2v) is 6.93. The van der Waals surface area contributed by atoms with E-state index in [0.717, 1.165) is 43.9 Å². The Morgan fingerprint density at radius 2 is 1.92 bits per heavy atom. The maximum Gasteiger partial charge on any atom is 0.204 e. The number of benzene rings is 3. The van der Waals surface area contributed by atoms with Crippen LogP contribution in [-0.2, 0) is 0 Å². The van der Waals surface area contributed by atoms with Crippen molar-refractivity contribution in [2.75, 3.05) is 12.0 Å². The lowest BCUT2D eigenvalue weighted by atomic mass is 10.0. The van der Waals surface area contributed by atoms with E-state index >= 15 is 0 Å². The zero-order chi connectivity index (χ0) is 17.8. The SMILES string of the molecule is CCCOc1ccc2ccccc2c1/C=N\Nc1nc2ccccc2s1. The number of thiazole rings is 1. The van der Waals surface area contributed by atoms with Gasteiger partial charge in [0.25, 0.3) is 0 Å². The molecule has 0 saturated heterocycles. The lowest BCUT2D eigenvalue weighted by Crippen LogP contribution is -2.00. The van der Waals surface area contributed by atoms with Gasteiger partial charge in [0.15, 0.2) is 0 Å². The molecular weight excluding hydrogens is 342 g/mol. The molecule has 1 heterocycles. The molecule has 0 unspecified atom stereocenters. The molecule has 0 radical (unpaired) electrons. The molecule has 130 valence electrons. The molecule has 0 amide bonds. The molecule has 5 heteroatoms. The number of ether oxygens (including phenoxy) is 1. The maximum atomic E-state index is 5.91. The minimum absolute atomic E-state index is 0.685. The summed E-state index contributed by atoms with van der Waals surface area (Å²) in [5.74, 6) is 0.848. The van der Waals surface area contributed by atoms with Gasteiger partial charge in [-0.25, -0.2) is 4.98 Å². The first-order valence-electron chi connectivity index (χ1n) is 8.64. The zero-order valence-corrected chi connectivity index (χ0v) is 15.3. The molecule has 0 aliphatic heterocycles. The van der Waals surface area contributed by atoms with Crippen molar-refractivity contribution in [3.8, 4) is 5.75 Å². The van der Waals surface area contributed by atoms with Gasteiger partial charge in [0.2, 0.25) is 5.13 Å². The van der Waals surface area contributed by atoms with E-state index in [4.69, 9.17) is 4.74 Å². The summed E-state index contributed by atoms with van der Waals surface area (Å²) in [6.07, 6.45) is 2.78. The number of nitrogens with zero attached hydrogens (tertiary/aromatic N) is 2. The van der Waals surface area contributed by atoms with Crippen LogP contribution in [0.15, 0.2) is 65.8 Å². The van der Waals surface area contributed by atoms with Crippen LogP contribution in [0, 0.1) is 0 Å². The summed E-state index contributed by atoms with van der Waals surface area (Å²) >= 11 is 1.59. The van der Waals surface area contributed by atoms with Gasteiger partial charge in [-0.2, -0.15) is 5.10 Å². The summed E-state index contributed by atoms with van der Waals surface area (Å²) < 4.78 is 7.05. The molecule has 0 aliphatic carbocycles. The summed E-state index contributed by atoms with van der Waals surface area (Å²) in [6.45, 7) is 2.79. The smallest absolute Gasteiger partial charge is 0.204 e. The van der Waals surface area contributed by atoms with Crippen LogP contribution in [0.3, 0.4) is 0 Å². The average molecular weight is 361 g/mol. The Hall–Kier alpha value is -2.92. The lowest BCUT2D eigenvalue weighted by molar-refractivity contribution is 0.317. The van der Waals surface area contributed by atoms with Gasteiger partial charge in [0.1, 0.15) is 5.75 Å². The molecule has 0 aliphatic rings. The van der Waals surface area contributed by atoms with Gasteiger partial charge in [0, 0.05) is 5.56 Å². The second kappa shape index (κ2) is 7.54. The fraction of sp³-hybridized carbons (Fsp3) is 0.143.